The lowest BCUT2D eigenvalue weighted by Crippen LogP contribution is -2.51. The van der Waals surface area contributed by atoms with Crippen LogP contribution in [0.25, 0.3) is 10.9 Å². The highest BCUT2D eigenvalue weighted by Gasteiger charge is 2.26. The van der Waals surface area contributed by atoms with Crippen LogP contribution in [0.5, 0.6) is 0 Å². The van der Waals surface area contributed by atoms with Gasteiger partial charge in [0.2, 0.25) is 5.91 Å². The molecule has 0 saturated carbocycles. The number of halogens is 1. The van der Waals surface area contributed by atoms with Crippen LogP contribution in [0.1, 0.15) is 23.3 Å². The first-order chi connectivity index (χ1) is 12.6. The second kappa shape index (κ2) is 7.29. The number of amides is 2. The Bertz CT molecular complexity index is 820. The number of benzene rings is 1. The van der Waals surface area contributed by atoms with Crippen molar-refractivity contribution in [2.24, 2.45) is 0 Å². The largest absolute Gasteiger partial charge is 0.351 e. The maximum absolute atomic E-state index is 12.8. The van der Waals surface area contributed by atoms with E-state index in [1.54, 1.807) is 0 Å². The predicted octanol–water partition coefficient (Wildman–Crippen LogP) is 2.20. The molecule has 1 aromatic heterocycles. The molecular formula is C19H23ClN4O2. The fraction of sp³-hybridized carbons (Fsp3) is 0.474. The van der Waals surface area contributed by atoms with Gasteiger partial charge in [-0.25, -0.2) is 0 Å². The zero-order valence-electron chi connectivity index (χ0n) is 14.7. The van der Waals surface area contributed by atoms with Crippen LogP contribution in [0.15, 0.2) is 24.3 Å². The Labute approximate surface area is 157 Å². The third-order valence-electron chi connectivity index (χ3n) is 5.29. The van der Waals surface area contributed by atoms with E-state index in [4.69, 9.17) is 11.6 Å². The van der Waals surface area contributed by atoms with Gasteiger partial charge in [-0.1, -0.05) is 11.6 Å². The fourth-order valence-corrected chi connectivity index (χ4v) is 3.94. The molecule has 7 heteroatoms. The SMILES string of the molecule is O=C(CN1CCN(C(=O)c2cc3cc(Cl)ccc3[nH]2)CC1)N1CCCC1. The highest BCUT2D eigenvalue weighted by atomic mass is 35.5. The average Bonchev–Trinajstić information content (AvgIpc) is 3.31. The minimum atomic E-state index is 0.00263. The first kappa shape index (κ1) is 17.4. The molecule has 2 aliphatic heterocycles. The lowest BCUT2D eigenvalue weighted by Gasteiger charge is -2.34. The van der Waals surface area contributed by atoms with Gasteiger partial charge in [0, 0.05) is 55.2 Å². The molecule has 0 unspecified atom stereocenters. The van der Waals surface area contributed by atoms with E-state index in [1.165, 1.54) is 0 Å². The third-order valence-corrected chi connectivity index (χ3v) is 5.53. The Morgan fingerprint density at radius 2 is 1.69 bits per heavy atom. The molecule has 0 bridgehead atoms. The van der Waals surface area contributed by atoms with E-state index in [0.717, 1.165) is 49.9 Å². The highest BCUT2D eigenvalue weighted by molar-refractivity contribution is 6.31. The van der Waals surface area contributed by atoms with E-state index in [2.05, 4.69) is 9.88 Å². The van der Waals surface area contributed by atoms with Gasteiger partial charge in [-0.05, 0) is 37.1 Å². The predicted molar refractivity (Wildman–Crippen MR) is 101 cm³/mol. The van der Waals surface area contributed by atoms with Crippen molar-refractivity contribution in [1.29, 1.82) is 0 Å². The normalized spacial score (nSPS) is 18.7. The standard InChI is InChI=1S/C19H23ClN4O2/c20-15-3-4-16-14(11-15)12-17(21-16)19(26)24-9-7-22(8-10-24)13-18(25)23-5-1-2-6-23/h3-4,11-12,21H,1-2,5-10,13H2. The number of H-pyrrole nitrogens is 1. The first-order valence-electron chi connectivity index (χ1n) is 9.18. The number of carbonyl (C=O) groups is 2. The summed E-state index contributed by atoms with van der Waals surface area (Å²) in [4.78, 5) is 34.2. The summed E-state index contributed by atoms with van der Waals surface area (Å²) in [7, 11) is 0. The van der Waals surface area contributed by atoms with Gasteiger partial charge in [0.05, 0.1) is 6.54 Å². The molecule has 0 radical (unpaired) electrons. The average molecular weight is 375 g/mol. The number of hydrogen-bond acceptors (Lipinski definition) is 3. The molecule has 2 amide bonds. The molecule has 1 N–H and O–H groups in total. The van der Waals surface area contributed by atoms with Crippen molar-refractivity contribution in [2.75, 3.05) is 45.8 Å². The summed E-state index contributed by atoms with van der Waals surface area (Å²) in [5.41, 5.74) is 1.50. The van der Waals surface area contributed by atoms with Crippen molar-refractivity contribution in [2.45, 2.75) is 12.8 Å². The molecule has 2 saturated heterocycles. The molecule has 2 fully saturated rings. The maximum Gasteiger partial charge on any atom is 0.270 e. The molecular weight excluding hydrogens is 352 g/mol. The summed E-state index contributed by atoms with van der Waals surface area (Å²) in [5.74, 6) is 0.220. The molecule has 2 aromatic rings. The van der Waals surface area contributed by atoms with Gasteiger partial charge in [0.15, 0.2) is 0 Å². The Hall–Kier alpha value is -2.05. The van der Waals surface area contributed by atoms with Gasteiger partial charge < -0.3 is 14.8 Å². The van der Waals surface area contributed by atoms with Crippen LogP contribution in [0.2, 0.25) is 5.02 Å². The topological polar surface area (TPSA) is 59.7 Å². The van der Waals surface area contributed by atoms with Crippen molar-refractivity contribution in [3.05, 3.63) is 35.0 Å². The molecule has 2 aliphatic rings. The van der Waals surface area contributed by atoms with Crippen LogP contribution in [0.4, 0.5) is 0 Å². The van der Waals surface area contributed by atoms with Crippen molar-refractivity contribution in [3.8, 4) is 0 Å². The van der Waals surface area contributed by atoms with E-state index in [1.807, 2.05) is 34.1 Å². The van der Waals surface area contributed by atoms with Crippen LogP contribution in [-0.2, 0) is 4.79 Å². The van der Waals surface area contributed by atoms with Crippen molar-refractivity contribution < 1.29 is 9.59 Å². The fourth-order valence-electron chi connectivity index (χ4n) is 3.76. The number of carbonyl (C=O) groups excluding carboxylic acids is 2. The van der Waals surface area contributed by atoms with Crippen molar-refractivity contribution in [3.63, 3.8) is 0 Å². The number of aromatic nitrogens is 1. The van der Waals surface area contributed by atoms with Crippen LogP contribution in [0, 0.1) is 0 Å². The molecule has 4 rings (SSSR count). The lowest BCUT2D eigenvalue weighted by atomic mass is 10.2. The molecule has 138 valence electrons. The molecule has 1 aromatic carbocycles. The summed E-state index contributed by atoms with van der Waals surface area (Å²) in [5, 5.41) is 1.60. The van der Waals surface area contributed by atoms with E-state index in [-0.39, 0.29) is 11.8 Å². The highest BCUT2D eigenvalue weighted by Crippen LogP contribution is 2.21. The third kappa shape index (κ3) is 3.57. The number of rotatable bonds is 3. The van der Waals surface area contributed by atoms with Gasteiger partial charge in [-0.15, -0.1) is 0 Å². The monoisotopic (exact) mass is 374 g/mol. The maximum atomic E-state index is 12.8. The number of fused-ring (bicyclic) bond motifs is 1. The van der Waals surface area contributed by atoms with Crippen LogP contribution >= 0.6 is 11.6 Å². The zero-order valence-corrected chi connectivity index (χ0v) is 15.5. The second-order valence-electron chi connectivity index (χ2n) is 7.07. The minimum Gasteiger partial charge on any atom is -0.351 e. The van der Waals surface area contributed by atoms with Crippen molar-refractivity contribution >= 4 is 34.3 Å². The first-order valence-corrected chi connectivity index (χ1v) is 9.55. The van der Waals surface area contributed by atoms with Gasteiger partial charge >= 0.3 is 0 Å². The van der Waals surface area contributed by atoms with Gasteiger partial charge in [-0.2, -0.15) is 0 Å². The quantitative estimate of drug-likeness (QED) is 0.896. The number of nitrogens with zero attached hydrogens (tertiary/aromatic N) is 3. The smallest absolute Gasteiger partial charge is 0.270 e. The second-order valence-corrected chi connectivity index (χ2v) is 7.51. The summed E-state index contributed by atoms with van der Waals surface area (Å²) in [6.07, 6.45) is 2.23. The molecule has 0 spiro atoms. The summed E-state index contributed by atoms with van der Waals surface area (Å²) >= 11 is 6.02. The number of likely N-dealkylation sites (tertiary alicyclic amines) is 1. The molecule has 0 aliphatic carbocycles. The summed E-state index contributed by atoms with van der Waals surface area (Å²) < 4.78 is 0. The number of aromatic amines is 1. The van der Waals surface area contributed by atoms with E-state index in [0.29, 0.717) is 30.4 Å². The molecule has 6 nitrogen and oxygen atoms in total. The van der Waals surface area contributed by atoms with Crippen LogP contribution in [-0.4, -0.2) is 77.3 Å². The Balaban J connectivity index is 1.34. The Morgan fingerprint density at radius 3 is 2.42 bits per heavy atom. The van der Waals surface area contributed by atoms with Crippen LogP contribution < -0.4 is 0 Å². The summed E-state index contributed by atoms with van der Waals surface area (Å²) in [6.45, 7) is 5.00. The number of nitrogens with one attached hydrogen (secondary N) is 1. The molecule has 3 heterocycles. The molecule has 0 atom stereocenters. The van der Waals surface area contributed by atoms with Crippen LogP contribution in [0.3, 0.4) is 0 Å². The van der Waals surface area contributed by atoms with Gasteiger partial charge in [-0.3, -0.25) is 14.5 Å². The van der Waals surface area contributed by atoms with E-state index < -0.39 is 0 Å². The number of hydrogen-bond donors (Lipinski definition) is 1. The molecule has 26 heavy (non-hydrogen) atoms. The zero-order chi connectivity index (χ0) is 18.1. The number of piperazine rings is 1. The van der Waals surface area contributed by atoms with Gasteiger partial charge in [0.25, 0.3) is 5.91 Å². The minimum absolute atomic E-state index is 0.00263. The van der Waals surface area contributed by atoms with E-state index in [9.17, 15) is 9.59 Å². The van der Waals surface area contributed by atoms with E-state index >= 15 is 0 Å². The lowest BCUT2D eigenvalue weighted by molar-refractivity contribution is -0.131. The van der Waals surface area contributed by atoms with Gasteiger partial charge in [0.1, 0.15) is 5.69 Å². The van der Waals surface area contributed by atoms with Crippen molar-refractivity contribution in [1.82, 2.24) is 19.7 Å². The Morgan fingerprint density at radius 1 is 0.962 bits per heavy atom. The Kier molecular flexibility index (Phi) is 4.87. The summed E-state index contributed by atoms with van der Waals surface area (Å²) in [6, 6.07) is 7.40.